The zero-order valence-electron chi connectivity index (χ0n) is 7.64. The predicted octanol–water partition coefficient (Wildman–Crippen LogP) is 2.79. The lowest BCUT2D eigenvalue weighted by atomic mass is 9.94. The van der Waals surface area contributed by atoms with Crippen molar-refractivity contribution in [2.45, 2.75) is 49.4 Å². The third-order valence-corrected chi connectivity index (χ3v) is 4.20. The van der Waals surface area contributed by atoms with Crippen molar-refractivity contribution in [1.29, 1.82) is 0 Å². The number of hydrogen-bond acceptors (Lipinski definition) is 1. The van der Waals surface area contributed by atoms with Crippen LogP contribution in [-0.2, 0) is 0 Å². The Balaban J connectivity index is 1.80. The molecular weight excluding hydrogens is 214 g/mol. The third kappa shape index (κ3) is 2.02. The van der Waals surface area contributed by atoms with Crippen LogP contribution in [0.15, 0.2) is 0 Å². The summed E-state index contributed by atoms with van der Waals surface area (Å²) in [7, 11) is 0. The van der Waals surface area contributed by atoms with Gasteiger partial charge in [0.1, 0.15) is 0 Å². The van der Waals surface area contributed by atoms with Gasteiger partial charge in [0.05, 0.1) is 0 Å². The Bertz CT molecular complexity index is 135. The van der Waals surface area contributed by atoms with Crippen molar-refractivity contribution in [2.24, 2.45) is 0 Å². The van der Waals surface area contributed by atoms with E-state index in [1.54, 1.807) is 0 Å². The van der Waals surface area contributed by atoms with Crippen LogP contribution in [0.25, 0.3) is 0 Å². The van der Waals surface area contributed by atoms with Gasteiger partial charge in [-0.3, -0.25) is 0 Å². The van der Waals surface area contributed by atoms with Gasteiger partial charge in [-0.25, -0.2) is 0 Å². The minimum atomic E-state index is 0.816. The normalized spacial score (nSPS) is 38.8. The Labute approximate surface area is 83.6 Å². The van der Waals surface area contributed by atoms with Gasteiger partial charge in [-0.15, -0.1) is 0 Å². The van der Waals surface area contributed by atoms with Crippen molar-refractivity contribution in [2.75, 3.05) is 13.1 Å². The maximum atomic E-state index is 3.71. The molecule has 0 aromatic rings. The second-order valence-corrected chi connectivity index (χ2v) is 5.44. The lowest BCUT2D eigenvalue weighted by molar-refractivity contribution is 0.194. The first-order valence-electron chi connectivity index (χ1n) is 5.24. The molecule has 1 nitrogen and oxygen atoms in total. The van der Waals surface area contributed by atoms with Crippen LogP contribution in [-0.4, -0.2) is 28.9 Å². The Kier molecular flexibility index (Phi) is 3.08. The molecule has 1 saturated carbocycles. The van der Waals surface area contributed by atoms with Crippen molar-refractivity contribution in [3.63, 3.8) is 0 Å². The van der Waals surface area contributed by atoms with E-state index in [4.69, 9.17) is 0 Å². The highest BCUT2D eigenvalue weighted by Crippen LogP contribution is 2.29. The summed E-state index contributed by atoms with van der Waals surface area (Å²) in [6.45, 7) is 2.75. The van der Waals surface area contributed by atoms with Crippen LogP contribution in [0.1, 0.15) is 38.5 Å². The average molecular weight is 232 g/mol. The second kappa shape index (κ2) is 4.10. The highest BCUT2D eigenvalue weighted by molar-refractivity contribution is 9.09. The Morgan fingerprint density at radius 1 is 0.917 bits per heavy atom. The molecular formula is C10H18BrN. The van der Waals surface area contributed by atoms with Crippen LogP contribution in [0.2, 0.25) is 0 Å². The van der Waals surface area contributed by atoms with Gasteiger partial charge in [-0.05, 0) is 51.6 Å². The predicted molar refractivity (Wildman–Crippen MR) is 55.8 cm³/mol. The summed E-state index contributed by atoms with van der Waals surface area (Å²) in [6.07, 6.45) is 8.51. The van der Waals surface area contributed by atoms with Gasteiger partial charge in [0, 0.05) is 10.9 Å². The second-order valence-electron chi connectivity index (χ2n) is 4.15. The summed E-state index contributed by atoms with van der Waals surface area (Å²) in [5.74, 6) is 0. The van der Waals surface area contributed by atoms with Gasteiger partial charge in [-0.2, -0.15) is 0 Å². The fourth-order valence-corrected chi connectivity index (χ4v) is 3.04. The molecule has 2 fully saturated rings. The van der Waals surface area contributed by atoms with E-state index in [-0.39, 0.29) is 0 Å². The highest BCUT2D eigenvalue weighted by atomic mass is 79.9. The quantitative estimate of drug-likeness (QED) is 0.628. The van der Waals surface area contributed by atoms with Crippen LogP contribution in [0.5, 0.6) is 0 Å². The molecule has 0 radical (unpaired) electrons. The van der Waals surface area contributed by atoms with Gasteiger partial charge in [-0.1, -0.05) is 15.9 Å². The molecule has 12 heavy (non-hydrogen) atoms. The zero-order valence-corrected chi connectivity index (χ0v) is 9.22. The smallest absolute Gasteiger partial charge is 0.0147 e. The lowest BCUT2D eigenvalue weighted by Gasteiger charge is -2.32. The summed E-state index contributed by atoms with van der Waals surface area (Å²) in [5, 5.41) is 0. The highest BCUT2D eigenvalue weighted by Gasteiger charge is 2.25. The van der Waals surface area contributed by atoms with Crippen molar-refractivity contribution in [1.82, 2.24) is 4.90 Å². The van der Waals surface area contributed by atoms with Crippen LogP contribution < -0.4 is 0 Å². The molecule has 1 saturated heterocycles. The van der Waals surface area contributed by atoms with E-state index in [1.165, 1.54) is 51.6 Å². The van der Waals surface area contributed by atoms with Gasteiger partial charge < -0.3 is 4.90 Å². The van der Waals surface area contributed by atoms with E-state index in [1.807, 2.05) is 0 Å². The lowest BCUT2D eigenvalue weighted by Crippen LogP contribution is -2.35. The topological polar surface area (TPSA) is 3.24 Å². The Morgan fingerprint density at radius 2 is 1.50 bits per heavy atom. The van der Waals surface area contributed by atoms with Crippen LogP contribution in [0.4, 0.5) is 0 Å². The van der Waals surface area contributed by atoms with E-state index in [0.717, 1.165) is 10.9 Å². The number of hydrogen-bond donors (Lipinski definition) is 0. The summed E-state index contributed by atoms with van der Waals surface area (Å²) in [5.41, 5.74) is 0. The first kappa shape index (κ1) is 9.01. The first-order valence-corrected chi connectivity index (χ1v) is 6.16. The maximum absolute atomic E-state index is 3.71. The van der Waals surface area contributed by atoms with Gasteiger partial charge in [0.2, 0.25) is 0 Å². The maximum Gasteiger partial charge on any atom is 0.0147 e. The molecule has 2 rings (SSSR count). The molecule has 0 atom stereocenters. The third-order valence-electron chi connectivity index (χ3n) is 3.28. The molecule has 0 unspecified atom stereocenters. The average Bonchev–Trinajstić information content (AvgIpc) is 2.58. The van der Waals surface area contributed by atoms with E-state index in [0.29, 0.717) is 0 Å². The largest absolute Gasteiger partial charge is 0.300 e. The zero-order chi connectivity index (χ0) is 8.39. The van der Waals surface area contributed by atoms with Crippen LogP contribution >= 0.6 is 15.9 Å². The molecule has 2 heteroatoms. The molecule has 1 aliphatic carbocycles. The monoisotopic (exact) mass is 231 g/mol. The van der Waals surface area contributed by atoms with Gasteiger partial charge in [0.25, 0.3) is 0 Å². The summed E-state index contributed by atoms with van der Waals surface area (Å²) >= 11 is 3.71. The first-order chi connectivity index (χ1) is 5.86. The minimum Gasteiger partial charge on any atom is -0.300 e. The molecule has 1 aliphatic heterocycles. The number of likely N-dealkylation sites (tertiary alicyclic amines) is 1. The van der Waals surface area contributed by atoms with Crippen LogP contribution in [0.3, 0.4) is 0 Å². The fraction of sp³-hybridized carbons (Fsp3) is 1.00. The van der Waals surface area contributed by atoms with Crippen LogP contribution in [0, 0.1) is 0 Å². The molecule has 2 aliphatic rings. The van der Waals surface area contributed by atoms with Gasteiger partial charge in [0.15, 0.2) is 0 Å². The van der Waals surface area contributed by atoms with Crippen molar-refractivity contribution in [3.05, 3.63) is 0 Å². The van der Waals surface area contributed by atoms with E-state index < -0.39 is 0 Å². The Hall–Kier alpha value is 0.440. The molecule has 1 heterocycles. The summed E-state index contributed by atoms with van der Waals surface area (Å²) < 4.78 is 0. The van der Waals surface area contributed by atoms with Crippen molar-refractivity contribution >= 4 is 15.9 Å². The molecule has 0 bridgehead atoms. The number of halogens is 1. The number of rotatable bonds is 1. The molecule has 0 N–H and O–H groups in total. The molecule has 0 aromatic heterocycles. The Morgan fingerprint density at radius 3 is 2.08 bits per heavy atom. The number of nitrogens with zero attached hydrogens (tertiary/aromatic N) is 1. The molecule has 70 valence electrons. The number of alkyl halides is 1. The minimum absolute atomic E-state index is 0.816. The van der Waals surface area contributed by atoms with Gasteiger partial charge >= 0.3 is 0 Å². The SMILES string of the molecule is BrC1CCC(N2CCCC2)CC1. The molecule has 0 amide bonds. The summed E-state index contributed by atoms with van der Waals surface area (Å²) in [4.78, 5) is 3.52. The standard InChI is InChI=1S/C10H18BrN/c11-9-3-5-10(6-4-9)12-7-1-2-8-12/h9-10H,1-8H2. The van der Waals surface area contributed by atoms with Crippen molar-refractivity contribution < 1.29 is 0 Å². The molecule has 0 aromatic carbocycles. The van der Waals surface area contributed by atoms with Crippen molar-refractivity contribution in [3.8, 4) is 0 Å². The summed E-state index contributed by atoms with van der Waals surface area (Å²) in [6, 6.07) is 0.932. The van der Waals surface area contributed by atoms with E-state index in [2.05, 4.69) is 20.8 Å². The van der Waals surface area contributed by atoms with E-state index >= 15 is 0 Å². The molecule has 0 spiro atoms. The van der Waals surface area contributed by atoms with E-state index in [9.17, 15) is 0 Å². The fourth-order valence-electron chi connectivity index (χ4n) is 2.51.